The van der Waals surface area contributed by atoms with Crippen LogP contribution in [0.15, 0.2) is 140 Å². The Morgan fingerprint density at radius 1 is 0.423 bits per heavy atom. The van der Waals surface area contributed by atoms with Gasteiger partial charge in [-0.2, -0.15) is 0 Å². The van der Waals surface area contributed by atoms with Crippen molar-refractivity contribution >= 4 is 55.7 Å². The standard InChI is InChI=1S/C50H52N2/c1-33(2)37-16-22-41(23-17-37)51(43-14-10-12-35(5)28-43)45-26-20-39-30-49(48-31-40(50(7,8)9)21-27-46(48)47(39)32-45)52(44-15-11-13-36(6)29-44)42-24-18-38(19-25-42)34(3)4/h10-34H,1-9H3. The first-order chi connectivity index (χ1) is 24.9. The van der Waals surface area contributed by atoms with Crippen molar-refractivity contribution in [2.24, 2.45) is 0 Å². The molecule has 0 aromatic heterocycles. The fourth-order valence-corrected chi connectivity index (χ4v) is 7.34. The zero-order valence-electron chi connectivity index (χ0n) is 32.3. The van der Waals surface area contributed by atoms with E-state index in [-0.39, 0.29) is 5.41 Å². The summed E-state index contributed by atoms with van der Waals surface area (Å²) in [5.74, 6) is 0.951. The molecular weight excluding hydrogens is 629 g/mol. The number of fused-ring (bicyclic) bond motifs is 3. The average molecular weight is 681 g/mol. The lowest BCUT2D eigenvalue weighted by molar-refractivity contribution is 0.591. The van der Waals surface area contributed by atoms with Crippen LogP contribution in [0.3, 0.4) is 0 Å². The molecule has 0 saturated heterocycles. The van der Waals surface area contributed by atoms with Gasteiger partial charge in [-0.1, -0.05) is 115 Å². The summed E-state index contributed by atoms with van der Waals surface area (Å²) in [7, 11) is 0. The summed E-state index contributed by atoms with van der Waals surface area (Å²) in [5, 5.41) is 4.95. The molecule has 2 heteroatoms. The Morgan fingerprint density at radius 3 is 1.44 bits per heavy atom. The summed E-state index contributed by atoms with van der Waals surface area (Å²) < 4.78 is 0. The Labute approximate surface area is 311 Å². The smallest absolute Gasteiger partial charge is 0.0546 e. The third kappa shape index (κ3) is 6.95. The van der Waals surface area contributed by atoms with Gasteiger partial charge in [0.05, 0.1) is 5.69 Å². The van der Waals surface area contributed by atoms with Gasteiger partial charge >= 0.3 is 0 Å². The maximum absolute atomic E-state index is 2.45. The Bertz CT molecular complexity index is 2360. The minimum atomic E-state index is -0.000535. The highest BCUT2D eigenvalue weighted by atomic mass is 15.1. The van der Waals surface area contributed by atoms with E-state index < -0.39 is 0 Å². The molecule has 2 nitrogen and oxygen atoms in total. The molecule has 0 bridgehead atoms. The molecule has 7 aromatic carbocycles. The van der Waals surface area contributed by atoms with Crippen molar-refractivity contribution in [1.29, 1.82) is 0 Å². The molecule has 0 amide bonds. The quantitative estimate of drug-likeness (QED) is 0.147. The van der Waals surface area contributed by atoms with Crippen LogP contribution in [0.4, 0.5) is 34.1 Å². The average Bonchev–Trinajstić information content (AvgIpc) is 3.12. The minimum Gasteiger partial charge on any atom is -0.310 e. The molecule has 7 rings (SSSR count). The molecule has 0 aliphatic heterocycles. The number of rotatable bonds is 8. The lowest BCUT2D eigenvalue weighted by Crippen LogP contribution is -2.13. The van der Waals surface area contributed by atoms with Crippen molar-refractivity contribution in [2.45, 2.75) is 79.6 Å². The topological polar surface area (TPSA) is 6.48 Å². The molecule has 0 radical (unpaired) electrons. The van der Waals surface area contributed by atoms with E-state index in [1.54, 1.807) is 0 Å². The van der Waals surface area contributed by atoms with Crippen LogP contribution in [0.1, 0.15) is 88.1 Å². The highest BCUT2D eigenvalue weighted by molar-refractivity contribution is 6.15. The van der Waals surface area contributed by atoms with Crippen molar-refractivity contribution < 1.29 is 0 Å². The normalized spacial score (nSPS) is 11.9. The fourth-order valence-electron chi connectivity index (χ4n) is 7.34. The van der Waals surface area contributed by atoms with Gasteiger partial charge in [-0.15, -0.1) is 0 Å². The molecule has 0 heterocycles. The summed E-state index contributed by atoms with van der Waals surface area (Å²) >= 11 is 0. The number of anilines is 6. The highest BCUT2D eigenvalue weighted by Crippen LogP contribution is 2.45. The first-order valence-corrected chi connectivity index (χ1v) is 18.8. The van der Waals surface area contributed by atoms with Crippen molar-refractivity contribution in [3.05, 3.63) is 167 Å². The summed E-state index contributed by atoms with van der Waals surface area (Å²) in [6.07, 6.45) is 0. The number of hydrogen-bond acceptors (Lipinski definition) is 2. The number of hydrogen-bond donors (Lipinski definition) is 0. The van der Waals surface area contributed by atoms with E-state index in [0.29, 0.717) is 11.8 Å². The maximum Gasteiger partial charge on any atom is 0.0546 e. The van der Waals surface area contributed by atoms with Gasteiger partial charge in [0.1, 0.15) is 0 Å². The third-order valence-electron chi connectivity index (χ3n) is 10.4. The van der Waals surface area contributed by atoms with Crippen molar-refractivity contribution in [1.82, 2.24) is 0 Å². The van der Waals surface area contributed by atoms with E-state index in [0.717, 1.165) is 28.4 Å². The van der Waals surface area contributed by atoms with Gasteiger partial charge in [-0.3, -0.25) is 0 Å². The van der Waals surface area contributed by atoms with Crippen LogP contribution in [0.5, 0.6) is 0 Å². The van der Waals surface area contributed by atoms with E-state index in [1.165, 1.54) is 55.0 Å². The minimum absolute atomic E-state index is 0.000535. The Balaban J connectivity index is 1.49. The van der Waals surface area contributed by atoms with E-state index in [1.807, 2.05) is 0 Å². The van der Waals surface area contributed by atoms with Gasteiger partial charge in [0, 0.05) is 33.8 Å². The van der Waals surface area contributed by atoms with Crippen LogP contribution in [0.2, 0.25) is 0 Å². The second-order valence-corrected chi connectivity index (χ2v) is 16.2. The summed E-state index contributed by atoms with van der Waals surface area (Å²) in [4.78, 5) is 4.85. The van der Waals surface area contributed by atoms with Gasteiger partial charge in [0.15, 0.2) is 0 Å². The first-order valence-electron chi connectivity index (χ1n) is 18.8. The number of nitrogens with zero attached hydrogens (tertiary/aromatic N) is 2. The predicted octanol–water partition coefficient (Wildman–Crippen LogP) is 15.1. The first kappa shape index (κ1) is 35.1. The van der Waals surface area contributed by atoms with Crippen molar-refractivity contribution in [3.63, 3.8) is 0 Å². The molecule has 0 unspecified atom stereocenters. The second-order valence-electron chi connectivity index (χ2n) is 16.2. The summed E-state index contributed by atoms with van der Waals surface area (Å²) in [5.41, 5.74) is 13.4. The Kier molecular flexibility index (Phi) is 9.44. The van der Waals surface area contributed by atoms with Crippen LogP contribution in [-0.4, -0.2) is 0 Å². The molecule has 0 fully saturated rings. The van der Waals surface area contributed by atoms with Crippen molar-refractivity contribution in [2.75, 3.05) is 9.80 Å². The number of aryl methyl sites for hydroxylation is 2. The zero-order valence-corrected chi connectivity index (χ0v) is 32.3. The Hall–Kier alpha value is -5.34. The zero-order chi connectivity index (χ0) is 36.7. The second kappa shape index (κ2) is 14.0. The molecule has 0 saturated carbocycles. The van der Waals surface area contributed by atoms with Gasteiger partial charge < -0.3 is 9.80 Å². The van der Waals surface area contributed by atoms with Gasteiger partial charge in [-0.05, 0) is 148 Å². The molecule has 0 aliphatic carbocycles. The Morgan fingerprint density at radius 2 is 0.923 bits per heavy atom. The third-order valence-corrected chi connectivity index (χ3v) is 10.4. The van der Waals surface area contributed by atoms with E-state index in [4.69, 9.17) is 0 Å². The van der Waals surface area contributed by atoms with E-state index >= 15 is 0 Å². The molecule has 52 heavy (non-hydrogen) atoms. The molecule has 0 N–H and O–H groups in total. The van der Waals surface area contributed by atoms with Gasteiger partial charge in [0.25, 0.3) is 0 Å². The van der Waals surface area contributed by atoms with Gasteiger partial charge in [-0.25, -0.2) is 0 Å². The fraction of sp³-hybridized carbons (Fsp3) is 0.240. The SMILES string of the molecule is Cc1cccc(N(c2ccc(C(C)C)cc2)c2ccc3cc(N(c4ccc(C(C)C)cc4)c4cccc(C)c4)c4cc(C(C)(C)C)ccc4c3c2)c1. The monoisotopic (exact) mass is 680 g/mol. The van der Waals surface area contributed by atoms with Crippen LogP contribution >= 0.6 is 0 Å². The molecule has 7 aromatic rings. The maximum atomic E-state index is 2.45. The van der Waals surface area contributed by atoms with Crippen LogP contribution < -0.4 is 9.80 Å². The molecular formula is C50H52N2. The van der Waals surface area contributed by atoms with Crippen molar-refractivity contribution in [3.8, 4) is 0 Å². The largest absolute Gasteiger partial charge is 0.310 e. The summed E-state index contributed by atoms with van der Waals surface area (Å²) in [6.45, 7) is 20.3. The molecule has 0 aliphatic rings. The highest BCUT2D eigenvalue weighted by Gasteiger charge is 2.22. The lowest BCUT2D eigenvalue weighted by Gasteiger charge is -2.30. The van der Waals surface area contributed by atoms with E-state index in [9.17, 15) is 0 Å². The number of benzene rings is 7. The molecule has 262 valence electrons. The van der Waals surface area contributed by atoms with Crippen LogP contribution in [0, 0.1) is 13.8 Å². The van der Waals surface area contributed by atoms with Crippen LogP contribution in [0.25, 0.3) is 21.5 Å². The summed E-state index contributed by atoms with van der Waals surface area (Å²) in [6, 6.07) is 52.4. The van der Waals surface area contributed by atoms with Crippen LogP contribution in [-0.2, 0) is 5.41 Å². The lowest BCUT2D eigenvalue weighted by atomic mass is 9.85. The van der Waals surface area contributed by atoms with E-state index in [2.05, 4.69) is 212 Å². The van der Waals surface area contributed by atoms with Gasteiger partial charge in [0.2, 0.25) is 0 Å². The predicted molar refractivity (Wildman–Crippen MR) is 227 cm³/mol. The molecule has 0 spiro atoms. The molecule has 0 atom stereocenters.